The van der Waals surface area contributed by atoms with Gasteiger partial charge in [0.1, 0.15) is 5.54 Å². The number of carboxylic acids is 1. The van der Waals surface area contributed by atoms with Gasteiger partial charge < -0.3 is 10.4 Å². The molecule has 1 unspecified atom stereocenters. The molecule has 2 N–H and O–H groups in total. The first-order valence-corrected chi connectivity index (χ1v) is 6.91. The molecule has 1 atom stereocenters. The van der Waals surface area contributed by atoms with Gasteiger partial charge in [0.15, 0.2) is 0 Å². The summed E-state index contributed by atoms with van der Waals surface area (Å²) in [5, 5.41) is 11.9. The molecular weight excluding hydrogens is 310 g/mol. The number of benzene rings is 1. The van der Waals surface area contributed by atoms with Gasteiger partial charge in [-0.05, 0) is 38.0 Å². The zero-order valence-electron chi connectivity index (χ0n) is 11.3. The van der Waals surface area contributed by atoms with E-state index in [9.17, 15) is 14.7 Å². The van der Waals surface area contributed by atoms with Crippen molar-refractivity contribution in [1.82, 2.24) is 5.32 Å². The molecule has 5 heteroatoms. The maximum atomic E-state index is 12.2. The third-order valence-corrected chi connectivity index (χ3v) is 3.55. The van der Waals surface area contributed by atoms with Gasteiger partial charge in [-0.1, -0.05) is 35.3 Å². The van der Waals surface area contributed by atoms with Crippen LogP contribution in [0.4, 0.5) is 0 Å². The van der Waals surface area contributed by atoms with E-state index in [1.165, 1.54) is 6.92 Å². The molecule has 0 spiro atoms. The van der Waals surface area contributed by atoms with Gasteiger partial charge in [0, 0.05) is 10.0 Å². The van der Waals surface area contributed by atoms with Crippen LogP contribution in [-0.4, -0.2) is 22.5 Å². The first kappa shape index (κ1) is 15.7. The highest BCUT2D eigenvalue weighted by Crippen LogP contribution is 2.18. The Labute approximate surface area is 121 Å². The first-order chi connectivity index (χ1) is 8.80. The number of amides is 1. The van der Waals surface area contributed by atoms with Crippen LogP contribution in [0, 0.1) is 6.92 Å². The molecule has 4 nitrogen and oxygen atoms in total. The van der Waals surface area contributed by atoms with Crippen molar-refractivity contribution in [3.63, 3.8) is 0 Å². The minimum absolute atomic E-state index is 0.364. The highest BCUT2D eigenvalue weighted by atomic mass is 79.9. The van der Waals surface area contributed by atoms with Gasteiger partial charge in [0.05, 0.1) is 0 Å². The number of halogens is 1. The molecule has 0 aromatic heterocycles. The number of hydrogen-bond donors (Lipinski definition) is 2. The Hall–Kier alpha value is -1.36. The van der Waals surface area contributed by atoms with E-state index in [1.807, 2.05) is 26.0 Å². The largest absolute Gasteiger partial charge is 0.480 e. The van der Waals surface area contributed by atoms with Crippen LogP contribution in [-0.2, 0) is 4.79 Å². The Bertz CT molecular complexity index is 501. The molecule has 0 heterocycles. The number of carbonyl (C=O) groups excluding carboxylic acids is 1. The van der Waals surface area contributed by atoms with Gasteiger partial charge in [-0.25, -0.2) is 4.79 Å². The average molecular weight is 328 g/mol. The SMILES string of the molecule is CCCC(C)(NC(=O)c1cc(Br)ccc1C)C(=O)O. The summed E-state index contributed by atoms with van der Waals surface area (Å²) in [6.45, 7) is 5.24. The summed E-state index contributed by atoms with van der Waals surface area (Å²) >= 11 is 3.31. The van der Waals surface area contributed by atoms with Crippen molar-refractivity contribution >= 4 is 27.8 Å². The molecule has 1 rings (SSSR count). The highest BCUT2D eigenvalue weighted by Gasteiger charge is 2.34. The fraction of sp³-hybridized carbons (Fsp3) is 0.429. The maximum Gasteiger partial charge on any atom is 0.329 e. The number of aryl methyl sites for hydroxylation is 1. The van der Waals surface area contributed by atoms with E-state index in [1.54, 1.807) is 6.07 Å². The molecule has 0 aliphatic carbocycles. The Kier molecular flexibility index (Phi) is 5.11. The van der Waals surface area contributed by atoms with Gasteiger partial charge in [0.2, 0.25) is 0 Å². The summed E-state index contributed by atoms with van der Waals surface area (Å²) in [6, 6.07) is 5.35. The van der Waals surface area contributed by atoms with Crippen molar-refractivity contribution in [1.29, 1.82) is 0 Å². The normalized spacial score (nSPS) is 13.7. The lowest BCUT2D eigenvalue weighted by atomic mass is 9.95. The van der Waals surface area contributed by atoms with Crippen LogP contribution in [0.3, 0.4) is 0 Å². The second kappa shape index (κ2) is 6.19. The van der Waals surface area contributed by atoms with E-state index < -0.39 is 11.5 Å². The van der Waals surface area contributed by atoms with E-state index in [2.05, 4.69) is 21.2 Å². The predicted molar refractivity (Wildman–Crippen MR) is 77.3 cm³/mol. The molecule has 1 aromatic rings. The Morgan fingerprint density at radius 3 is 2.58 bits per heavy atom. The number of rotatable bonds is 5. The molecule has 104 valence electrons. The number of aliphatic carboxylic acids is 1. The van der Waals surface area contributed by atoms with Crippen molar-refractivity contribution in [3.05, 3.63) is 33.8 Å². The highest BCUT2D eigenvalue weighted by molar-refractivity contribution is 9.10. The lowest BCUT2D eigenvalue weighted by Gasteiger charge is -2.26. The molecule has 0 saturated heterocycles. The van der Waals surface area contributed by atoms with E-state index in [-0.39, 0.29) is 5.91 Å². The summed E-state index contributed by atoms with van der Waals surface area (Å²) in [6.07, 6.45) is 1.07. The van der Waals surface area contributed by atoms with Gasteiger partial charge >= 0.3 is 5.97 Å². The molecule has 1 amide bonds. The standard InChI is InChI=1S/C14H18BrNO3/c1-4-7-14(3,13(18)19)16-12(17)11-8-10(15)6-5-9(11)2/h5-6,8H,4,7H2,1-3H3,(H,16,17)(H,18,19). The molecule has 0 saturated carbocycles. The first-order valence-electron chi connectivity index (χ1n) is 6.12. The molecular formula is C14H18BrNO3. The van der Waals surface area contributed by atoms with Crippen LogP contribution in [0.25, 0.3) is 0 Å². The molecule has 0 aliphatic rings. The van der Waals surface area contributed by atoms with Crippen LogP contribution < -0.4 is 5.32 Å². The zero-order chi connectivity index (χ0) is 14.6. The van der Waals surface area contributed by atoms with Crippen molar-refractivity contribution < 1.29 is 14.7 Å². The molecule has 0 aliphatic heterocycles. The second-order valence-corrected chi connectivity index (χ2v) is 5.72. The number of nitrogens with one attached hydrogen (secondary N) is 1. The van der Waals surface area contributed by atoms with Crippen LogP contribution in [0.15, 0.2) is 22.7 Å². The number of carbonyl (C=O) groups is 2. The van der Waals surface area contributed by atoms with E-state index >= 15 is 0 Å². The summed E-state index contributed by atoms with van der Waals surface area (Å²) in [7, 11) is 0. The predicted octanol–water partition coefficient (Wildman–Crippen LogP) is 3.13. The van der Waals surface area contributed by atoms with Crippen LogP contribution >= 0.6 is 15.9 Å². The number of hydrogen-bond acceptors (Lipinski definition) is 2. The lowest BCUT2D eigenvalue weighted by molar-refractivity contribution is -0.144. The third kappa shape index (κ3) is 3.80. The van der Waals surface area contributed by atoms with Crippen molar-refractivity contribution in [3.8, 4) is 0 Å². The molecule has 1 aromatic carbocycles. The third-order valence-electron chi connectivity index (χ3n) is 3.06. The fourth-order valence-corrected chi connectivity index (χ4v) is 2.24. The molecule has 0 bridgehead atoms. The average Bonchev–Trinajstić information content (AvgIpc) is 2.32. The minimum Gasteiger partial charge on any atom is -0.480 e. The maximum absolute atomic E-state index is 12.2. The van der Waals surface area contributed by atoms with E-state index in [4.69, 9.17) is 0 Å². The van der Waals surface area contributed by atoms with Crippen molar-refractivity contribution in [2.45, 2.75) is 39.2 Å². The van der Waals surface area contributed by atoms with Crippen molar-refractivity contribution in [2.24, 2.45) is 0 Å². The lowest BCUT2D eigenvalue weighted by Crippen LogP contribution is -2.52. The van der Waals surface area contributed by atoms with Gasteiger partial charge in [0.25, 0.3) is 5.91 Å². The summed E-state index contributed by atoms with van der Waals surface area (Å²) in [5.41, 5.74) is 0.0588. The topological polar surface area (TPSA) is 66.4 Å². The smallest absolute Gasteiger partial charge is 0.329 e. The van der Waals surface area contributed by atoms with Gasteiger partial charge in [-0.2, -0.15) is 0 Å². The molecule has 19 heavy (non-hydrogen) atoms. The zero-order valence-corrected chi connectivity index (χ0v) is 12.9. The van der Waals surface area contributed by atoms with Crippen LogP contribution in [0.5, 0.6) is 0 Å². The van der Waals surface area contributed by atoms with Crippen LogP contribution in [0.1, 0.15) is 42.6 Å². The summed E-state index contributed by atoms with van der Waals surface area (Å²) in [5.74, 6) is -1.38. The monoisotopic (exact) mass is 327 g/mol. The number of carboxylic acid groups (broad SMARTS) is 1. The second-order valence-electron chi connectivity index (χ2n) is 4.80. The quantitative estimate of drug-likeness (QED) is 0.873. The Balaban J connectivity index is 3.00. The van der Waals surface area contributed by atoms with Crippen molar-refractivity contribution in [2.75, 3.05) is 0 Å². The molecule has 0 fully saturated rings. The minimum atomic E-state index is -1.24. The van der Waals surface area contributed by atoms with Crippen LogP contribution in [0.2, 0.25) is 0 Å². The van der Waals surface area contributed by atoms with E-state index in [0.717, 1.165) is 10.0 Å². The Morgan fingerprint density at radius 1 is 1.42 bits per heavy atom. The fourth-order valence-electron chi connectivity index (χ4n) is 1.88. The molecule has 0 radical (unpaired) electrons. The van der Waals surface area contributed by atoms with E-state index in [0.29, 0.717) is 18.4 Å². The van der Waals surface area contributed by atoms with Gasteiger partial charge in [-0.3, -0.25) is 4.79 Å². The summed E-state index contributed by atoms with van der Waals surface area (Å²) in [4.78, 5) is 23.5. The van der Waals surface area contributed by atoms with Gasteiger partial charge in [-0.15, -0.1) is 0 Å². The Morgan fingerprint density at radius 2 is 2.05 bits per heavy atom. The summed E-state index contributed by atoms with van der Waals surface area (Å²) < 4.78 is 0.788.